The van der Waals surface area contributed by atoms with Crippen molar-refractivity contribution in [3.63, 3.8) is 0 Å². The van der Waals surface area contributed by atoms with E-state index >= 15 is 0 Å². The highest BCUT2D eigenvalue weighted by Gasteiger charge is 2.14. The molecule has 3 heteroatoms. The zero-order valence-corrected chi connectivity index (χ0v) is 10.4. The largest absolute Gasteiger partial charge is 0.377 e. The van der Waals surface area contributed by atoms with Gasteiger partial charge in [-0.1, -0.05) is 11.6 Å². The molecular formula is C13H24N2O. The van der Waals surface area contributed by atoms with E-state index in [1.165, 1.54) is 31.4 Å². The Hall–Kier alpha value is -0.380. The summed E-state index contributed by atoms with van der Waals surface area (Å²) in [5.41, 5.74) is 1.51. The van der Waals surface area contributed by atoms with Crippen molar-refractivity contribution in [3.05, 3.63) is 11.6 Å². The van der Waals surface area contributed by atoms with Crippen LogP contribution >= 0.6 is 0 Å². The van der Waals surface area contributed by atoms with Crippen LogP contribution < -0.4 is 5.32 Å². The van der Waals surface area contributed by atoms with Crippen molar-refractivity contribution >= 4 is 0 Å². The number of rotatable bonds is 4. The summed E-state index contributed by atoms with van der Waals surface area (Å²) in [5.74, 6) is 0. The van der Waals surface area contributed by atoms with Crippen LogP contribution in [0.3, 0.4) is 0 Å². The van der Waals surface area contributed by atoms with Gasteiger partial charge in [-0.3, -0.25) is 4.90 Å². The van der Waals surface area contributed by atoms with Crippen molar-refractivity contribution in [3.8, 4) is 0 Å². The molecule has 0 aromatic carbocycles. The molecule has 0 saturated carbocycles. The predicted molar refractivity (Wildman–Crippen MR) is 66.7 cm³/mol. The summed E-state index contributed by atoms with van der Waals surface area (Å²) in [4.78, 5) is 2.50. The van der Waals surface area contributed by atoms with Crippen LogP contribution in [0.15, 0.2) is 11.6 Å². The van der Waals surface area contributed by atoms with Gasteiger partial charge in [-0.2, -0.15) is 0 Å². The molecular weight excluding hydrogens is 200 g/mol. The van der Waals surface area contributed by atoms with E-state index in [9.17, 15) is 0 Å². The van der Waals surface area contributed by atoms with E-state index in [1.807, 2.05) is 0 Å². The molecule has 0 aromatic heterocycles. The van der Waals surface area contributed by atoms with Crippen LogP contribution in [-0.4, -0.2) is 50.3 Å². The van der Waals surface area contributed by atoms with Gasteiger partial charge in [0.05, 0.1) is 12.7 Å². The number of hydrogen-bond acceptors (Lipinski definition) is 3. The fourth-order valence-corrected chi connectivity index (χ4v) is 2.49. The van der Waals surface area contributed by atoms with E-state index in [0.29, 0.717) is 6.10 Å². The second-order valence-electron chi connectivity index (χ2n) is 4.94. The smallest absolute Gasteiger partial charge is 0.0600 e. The molecule has 0 atom stereocenters. The van der Waals surface area contributed by atoms with Crippen LogP contribution in [0.25, 0.3) is 0 Å². The van der Waals surface area contributed by atoms with E-state index in [-0.39, 0.29) is 0 Å². The first-order chi connectivity index (χ1) is 7.84. The maximum absolute atomic E-state index is 5.92. The standard InChI is InChI=1S/C13H24N2O/c1-12-3-2-8-15(11-12)9-10-16-13-4-6-14-7-5-13/h3,13-14H,2,4-11H2,1H3. The second kappa shape index (κ2) is 6.38. The van der Waals surface area contributed by atoms with Crippen LogP contribution in [-0.2, 0) is 4.74 Å². The van der Waals surface area contributed by atoms with Crippen LogP contribution in [0.2, 0.25) is 0 Å². The first kappa shape index (κ1) is 12.1. The van der Waals surface area contributed by atoms with Crippen LogP contribution in [0.4, 0.5) is 0 Å². The number of hydrogen-bond donors (Lipinski definition) is 1. The normalized spacial score (nSPS) is 24.4. The van der Waals surface area contributed by atoms with Gasteiger partial charge in [0, 0.05) is 19.6 Å². The average Bonchev–Trinajstić information content (AvgIpc) is 2.30. The Morgan fingerprint density at radius 1 is 1.44 bits per heavy atom. The number of nitrogens with zero attached hydrogens (tertiary/aromatic N) is 1. The van der Waals surface area contributed by atoms with Gasteiger partial charge in [-0.15, -0.1) is 0 Å². The summed E-state index contributed by atoms with van der Waals surface area (Å²) in [5, 5.41) is 3.36. The minimum absolute atomic E-state index is 0.502. The molecule has 1 saturated heterocycles. The minimum atomic E-state index is 0.502. The molecule has 2 aliphatic rings. The Morgan fingerprint density at radius 2 is 2.25 bits per heavy atom. The van der Waals surface area contributed by atoms with Gasteiger partial charge in [0.1, 0.15) is 0 Å². The third-order valence-corrected chi connectivity index (χ3v) is 3.46. The van der Waals surface area contributed by atoms with Crippen molar-refractivity contribution < 1.29 is 4.74 Å². The third kappa shape index (κ3) is 3.89. The van der Waals surface area contributed by atoms with E-state index in [0.717, 1.165) is 32.8 Å². The van der Waals surface area contributed by atoms with E-state index in [1.54, 1.807) is 0 Å². The zero-order chi connectivity index (χ0) is 11.2. The van der Waals surface area contributed by atoms with Crippen molar-refractivity contribution in [1.29, 1.82) is 0 Å². The van der Waals surface area contributed by atoms with E-state index < -0.39 is 0 Å². The lowest BCUT2D eigenvalue weighted by atomic mass is 10.1. The van der Waals surface area contributed by atoms with Gasteiger partial charge in [0.25, 0.3) is 0 Å². The van der Waals surface area contributed by atoms with Crippen molar-refractivity contribution in [2.45, 2.75) is 32.3 Å². The molecule has 1 N–H and O–H groups in total. The van der Waals surface area contributed by atoms with Gasteiger partial charge < -0.3 is 10.1 Å². The zero-order valence-electron chi connectivity index (χ0n) is 10.4. The molecule has 0 unspecified atom stereocenters. The Morgan fingerprint density at radius 3 is 3.00 bits per heavy atom. The van der Waals surface area contributed by atoms with Crippen molar-refractivity contribution in [2.75, 3.05) is 39.3 Å². The average molecular weight is 224 g/mol. The topological polar surface area (TPSA) is 24.5 Å². The lowest BCUT2D eigenvalue weighted by Gasteiger charge is -2.28. The first-order valence-corrected chi connectivity index (χ1v) is 6.55. The Balaban J connectivity index is 1.58. The highest BCUT2D eigenvalue weighted by molar-refractivity contribution is 5.04. The van der Waals surface area contributed by atoms with Crippen LogP contribution in [0.1, 0.15) is 26.2 Å². The van der Waals surface area contributed by atoms with Gasteiger partial charge in [-0.05, 0) is 39.3 Å². The SMILES string of the molecule is CC1=CCCN(CCOC2CCNCC2)C1. The molecule has 2 heterocycles. The van der Waals surface area contributed by atoms with Crippen LogP contribution in [0, 0.1) is 0 Å². The quantitative estimate of drug-likeness (QED) is 0.731. The molecule has 0 spiro atoms. The summed E-state index contributed by atoms with van der Waals surface area (Å²) < 4.78 is 5.92. The molecule has 16 heavy (non-hydrogen) atoms. The molecule has 0 radical (unpaired) electrons. The minimum Gasteiger partial charge on any atom is -0.377 e. The monoisotopic (exact) mass is 224 g/mol. The van der Waals surface area contributed by atoms with E-state index in [2.05, 4.69) is 23.2 Å². The van der Waals surface area contributed by atoms with E-state index in [4.69, 9.17) is 4.74 Å². The fraction of sp³-hybridized carbons (Fsp3) is 0.846. The molecule has 2 aliphatic heterocycles. The molecule has 0 aliphatic carbocycles. The highest BCUT2D eigenvalue weighted by Crippen LogP contribution is 2.10. The van der Waals surface area contributed by atoms with Gasteiger partial charge >= 0.3 is 0 Å². The summed E-state index contributed by atoms with van der Waals surface area (Å²) >= 11 is 0. The second-order valence-corrected chi connectivity index (χ2v) is 4.94. The maximum atomic E-state index is 5.92. The molecule has 0 aromatic rings. The molecule has 92 valence electrons. The Kier molecular flexibility index (Phi) is 4.82. The summed E-state index contributed by atoms with van der Waals surface area (Å²) in [7, 11) is 0. The molecule has 1 fully saturated rings. The number of ether oxygens (including phenoxy) is 1. The lowest BCUT2D eigenvalue weighted by Crippen LogP contribution is -2.36. The summed E-state index contributed by atoms with van der Waals surface area (Å²) in [6.07, 6.45) is 6.42. The van der Waals surface area contributed by atoms with Crippen LogP contribution in [0.5, 0.6) is 0 Å². The number of piperidine rings is 1. The molecule has 3 nitrogen and oxygen atoms in total. The summed E-state index contributed by atoms with van der Waals surface area (Å²) in [6.45, 7) is 8.79. The Bertz CT molecular complexity index is 234. The van der Waals surface area contributed by atoms with Gasteiger partial charge in [0.15, 0.2) is 0 Å². The first-order valence-electron chi connectivity index (χ1n) is 6.55. The van der Waals surface area contributed by atoms with Crippen molar-refractivity contribution in [1.82, 2.24) is 10.2 Å². The van der Waals surface area contributed by atoms with Gasteiger partial charge in [-0.25, -0.2) is 0 Å². The predicted octanol–water partition coefficient (Wildman–Crippen LogP) is 1.41. The maximum Gasteiger partial charge on any atom is 0.0600 e. The fourth-order valence-electron chi connectivity index (χ4n) is 2.49. The van der Waals surface area contributed by atoms with Crippen molar-refractivity contribution in [2.24, 2.45) is 0 Å². The summed E-state index contributed by atoms with van der Waals surface area (Å²) in [6, 6.07) is 0. The Labute approximate surface area is 98.8 Å². The molecule has 2 rings (SSSR count). The molecule has 0 bridgehead atoms. The number of nitrogens with one attached hydrogen (secondary N) is 1. The third-order valence-electron chi connectivity index (χ3n) is 3.46. The highest BCUT2D eigenvalue weighted by atomic mass is 16.5. The molecule has 0 amide bonds. The lowest BCUT2D eigenvalue weighted by molar-refractivity contribution is 0.0209. The van der Waals surface area contributed by atoms with Gasteiger partial charge in [0.2, 0.25) is 0 Å².